The van der Waals surface area contributed by atoms with Gasteiger partial charge in [-0.3, -0.25) is 4.79 Å². The molecule has 1 heterocycles. The lowest BCUT2D eigenvalue weighted by atomic mass is 10.0. The van der Waals surface area contributed by atoms with Crippen LogP contribution in [0, 0.1) is 0 Å². The van der Waals surface area contributed by atoms with Crippen LogP contribution in [0.1, 0.15) is 40.0 Å². The van der Waals surface area contributed by atoms with Crippen molar-refractivity contribution in [2.75, 3.05) is 37.8 Å². The molecule has 1 N–H and O–H groups in total. The Morgan fingerprint density at radius 2 is 1.83 bits per heavy atom. The maximum atomic E-state index is 13.0. The number of amides is 1. The van der Waals surface area contributed by atoms with Gasteiger partial charge in [-0.15, -0.1) is 0 Å². The highest BCUT2D eigenvalue weighted by Gasteiger charge is 2.35. The third-order valence-corrected chi connectivity index (χ3v) is 8.37. The van der Waals surface area contributed by atoms with E-state index in [2.05, 4.69) is 5.32 Å². The molecule has 1 aromatic carbocycles. The van der Waals surface area contributed by atoms with E-state index >= 15 is 0 Å². The molecule has 0 radical (unpaired) electrons. The number of anilines is 1. The Kier molecular flexibility index (Phi) is 8.26. The van der Waals surface area contributed by atoms with Gasteiger partial charge in [-0.05, 0) is 38.0 Å². The van der Waals surface area contributed by atoms with Crippen LogP contribution >= 0.6 is 0 Å². The molecule has 1 aromatic rings. The van der Waals surface area contributed by atoms with Crippen molar-refractivity contribution >= 4 is 31.6 Å². The smallest absolute Gasteiger partial charge is 0.243 e. The fraction of sp³-hybridized carbons (Fsp3) is 0.632. The van der Waals surface area contributed by atoms with Crippen LogP contribution in [-0.2, 0) is 24.8 Å². The van der Waals surface area contributed by atoms with E-state index in [1.807, 2.05) is 0 Å². The zero-order valence-corrected chi connectivity index (χ0v) is 19.6. The van der Waals surface area contributed by atoms with Gasteiger partial charge in [0.2, 0.25) is 26.0 Å². The van der Waals surface area contributed by atoms with Crippen molar-refractivity contribution in [3.8, 4) is 5.75 Å². The fourth-order valence-corrected chi connectivity index (χ4v) is 6.15. The monoisotopic (exact) mass is 461 g/mol. The van der Waals surface area contributed by atoms with Gasteiger partial charge in [0.05, 0.1) is 23.4 Å². The number of piperidine rings is 1. The Balaban J connectivity index is 2.40. The number of nitrogens with one attached hydrogen (secondary N) is 1. The predicted octanol–water partition coefficient (Wildman–Crippen LogP) is 1.87. The summed E-state index contributed by atoms with van der Waals surface area (Å²) in [6.45, 7) is 6.52. The lowest BCUT2D eigenvalue weighted by molar-refractivity contribution is -0.120. The summed E-state index contributed by atoms with van der Waals surface area (Å²) in [7, 11) is -7.27. The second-order valence-corrected chi connectivity index (χ2v) is 10.9. The summed E-state index contributed by atoms with van der Waals surface area (Å²) in [6.07, 6.45) is 2.92. The molecule has 1 atom stereocenters. The van der Waals surface area contributed by atoms with Gasteiger partial charge in [0.1, 0.15) is 11.8 Å². The average molecular weight is 462 g/mol. The molecule has 2 rings (SSSR count). The minimum absolute atomic E-state index is 0.0357. The molecule has 170 valence electrons. The Hall–Kier alpha value is -1.69. The standard InChI is InChI=1S/C19H31N3O6S2/c1-5-21(6-2)30(26,27)15-11-12-18(28-7-3)16(14-15)20-19(23)17-10-8-9-13-22(17)29(4,24)25/h11-12,14,17H,5-10,13H2,1-4H3,(H,20,23). The summed E-state index contributed by atoms with van der Waals surface area (Å²) in [4.78, 5) is 13.0. The van der Waals surface area contributed by atoms with Gasteiger partial charge < -0.3 is 10.1 Å². The summed E-state index contributed by atoms with van der Waals surface area (Å²) in [5.74, 6) is -0.176. The number of benzene rings is 1. The summed E-state index contributed by atoms with van der Waals surface area (Å²) in [5.41, 5.74) is 0.203. The number of hydrogen-bond donors (Lipinski definition) is 1. The number of rotatable bonds is 9. The normalized spacial score (nSPS) is 18.4. The Bertz CT molecular complexity index is 958. The third-order valence-electron chi connectivity index (χ3n) is 5.03. The predicted molar refractivity (Wildman–Crippen MR) is 116 cm³/mol. The van der Waals surface area contributed by atoms with Gasteiger partial charge in [0.15, 0.2) is 0 Å². The number of hydrogen-bond acceptors (Lipinski definition) is 6. The quantitative estimate of drug-likeness (QED) is 0.601. The topological polar surface area (TPSA) is 113 Å². The number of ether oxygens (including phenoxy) is 1. The maximum absolute atomic E-state index is 13.0. The van der Waals surface area contributed by atoms with E-state index in [-0.39, 0.29) is 17.1 Å². The van der Waals surface area contributed by atoms with Crippen molar-refractivity contribution in [1.82, 2.24) is 8.61 Å². The highest BCUT2D eigenvalue weighted by Crippen LogP contribution is 2.30. The molecule has 11 heteroatoms. The van der Waals surface area contributed by atoms with Crippen LogP contribution < -0.4 is 10.1 Å². The number of sulfonamides is 2. The van der Waals surface area contributed by atoms with E-state index < -0.39 is 32.0 Å². The third kappa shape index (κ3) is 5.51. The van der Waals surface area contributed by atoms with Gasteiger partial charge in [0, 0.05) is 19.6 Å². The molecule has 30 heavy (non-hydrogen) atoms. The van der Waals surface area contributed by atoms with Gasteiger partial charge >= 0.3 is 0 Å². The summed E-state index contributed by atoms with van der Waals surface area (Å²) in [6, 6.07) is 3.47. The second kappa shape index (κ2) is 10.1. The molecule has 1 amide bonds. The summed E-state index contributed by atoms with van der Waals surface area (Å²) >= 11 is 0. The molecule has 0 saturated carbocycles. The fourth-order valence-electron chi connectivity index (χ4n) is 3.54. The Morgan fingerprint density at radius 1 is 1.17 bits per heavy atom. The largest absolute Gasteiger partial charge is 0.492 e. The Morgan fingerprint density at radius 3 is 2.40 bits per heavy atom. The molecule has 0 aliphatic carbocycles. The highest BCUT2D eigenvalue weighted by atomic mass is 32.2. The zero-order chi connectivity index (χ0) is 22.5. The van der Waals surface area contributed by atoms with Crippen LogP contribution in [0.5, 0.6) is 5.75 Å². The second-order valence-electron chi connectivity index (χ2n) is 7.05. The van der Waals surface area contributed by atoms with Crippen molar-refractivity contribution in [3.05, 3.63) is 18.2 Å². The zero-order valence-electron chi connectivity index (χ0n) is 17.9. The first-order chi connectivity index (χ1) is 14.1. The molecule has 1 aliphatic heterocycles. The Labute approximate surface area is 179 Å². The first-order valence-corrected chi connectivity index (χ1v) is 13.4. The average Bonchev–Trinajstić information content (AvgIpc) is 2.69. The lowest BCUT2D eigenvalue weighted by Gasteiger charge is -2.32. The molecule has 0 aromatic heterocycles. The number of nitrogens with zero attached hydrogens (tertiary/aromatic N) is 2. The highest BCUT2D eigenvalue weighted by molar-refractivity contribution is 7.89. The van der Waals surface area contributed by atoms with Crippen LogP contribution in [0.3, 0.4) is 0 Å². The van der Waals surface area contributed by atoms with Crippen LogP contribution in [0.4, 0.5) is 5.69 Å². The molecule has 0 bridgehead atoms. The summed E-state index contributed by atoms with van der Waals surface area (Å²) < 4.78 is 58.0. The first kappa shape index (κ1) is 24.6. The number of carbonyl (C=O) groups is 1. The van der Waals surface area contributed by atoms with Gasteiger partial charge in [-0.1, -0.05) is 20.3 Å². The number of carbonyl (C=O) groups excluding carboxylic acids is 1. The lowest BCUT2D eigenvalue weighted by Crippen LogP contribution is -2.49. The van der Waals surface area contributed by atoms with Crippen LogP contribution in [0.2, 0.25) is 0 Å². The van der Waals surface area contributed by atoms with Crippen molar-refractivity contribution < 1.29 is 26.4 Å². The molecule has 0 spiro atoms. The minimum Gasteiger partial charge on any atom is -0.492 e. The van der Waals surface area contributed by atoms with Gasteiger partial charge in [-0.25, -0.2) is 16.8 Å². The van der Waals surface area contributed by atoms with E-state index in [4.69, 9.17) is 4.74 Å². The molecular formula is C19H31N3O6S2. The first-order valence-electron chi connectivity index (χ1n) is 10.1. The minimum atomic E-state index is -3.73. The molecule has 9 nitrogen and oxygen atoms in total. The van der Waals surface area contributed by atoms with E-state index in [0.717, 1.165) is 12.7 Å². The SMILES string of the molecule is CCOc1ccc(S(=O)(=O)N(CC)CC)cc1NC(=O)C1CCCCN1S(C)(=O)=O. The van der Waals surface area contributed by atoms with E-state index in [1.165, 1.54) is 26.8 Å². The van der Waals surface area contributed by atoms with Gasteiger partial charge in [-0.2, -0.15) is 8.61 Å². The van der Waals surface area contributed by atoms with Crippen molar-refractivity contribution in [2.24, 2.45) is 0 Å². The van der Waals surface area contributed by atoms with Crippen molar-refractivity contribution in [1.29, 1.82) is 0 Å². The van der Waals surface area contributed by atoms with E-state index in [9.17, 15) is 21.6 Å². The van der Waals surface area contributed by atoms with Crippen LogP contribution in [0.25, 0.3) is 0 Å². The van der Waals surface area contributed by atoms with E-state index in [0.29, 0.717) is 38.3 Å². The van der Waals surface area contributed by atoms with E-state index in [1.54, 1.807) is 20.8 Å². The van der Waals surface area contributed by atoms with Crippen LogP contribution in [-0.4, -0.2) is 69.9 Å². The van der Waals surface area contributed by atoms with Gasteiger partial charge in [0.25, 0.3) is 0 Å². The molecule has 1 saturated heterocycles. The maximum Gasteiger partial charge on any atom is 0.243 e. The molecule has 1 fully saturated rings. The summed E-state index contributed by atoms with van der Waals surface area (Å²) in [5, 5.41) is 2.70. The van der Waals surface area contributed by atoms with Crippen molar-refractivity contribution in [3.63, 3.8) is 0 Å². The van der Waals surface area contributed by atoms with Crippen LogP contribution in [0.15, 0.2) is 23.1 Å². The molecular weight excluding hydrogens is 430 g/mol. The van der Waals surface area contributed by atoms with Crippen molar-refractivity contribution in [2.45, 2.75) is 51.0 Å². The molecule has 1 aliphatic rings. The molecule has 1 unspecified atom stereocenters.